The first-order valence-electron chi connectivity index (χ1n) is 19.9. The van der Waals surface area contributed by atoms with E-state index in [1.165, 1.54) is 76.9 Å². The van der Waals surface area contributed by atoms with Crippen LogP contribution in [0.4, 0.5) is 5.69 Å². The molecule has 58 heavy (non-hydrogen) atoms. The number of hydrogen-bond acceptors (Lipinski definition) is 2. The summed E-state index contributed by atoms with van der Waals surface area (Å²) in [5, 5.41) is 11.1. The maximum absolute atomic E-state index is 5.22. The lowest BCUT2D eigenvalue weighted by molar-refractivity contribution is 0.750. The summed E-state index contributed by atoms with van der Waals surface area (Å²) in [5.74, 6) is 0.881. The summed E-state index contributed by atoms with van der Waals surface area (Å²) < 4.78 is 4.81. The first-order chi connectivity index (χ1) is 28.8. The van der Waals surface area contributed by atoms with Crippen molar-refractivity contribution in [3.8, 4) is 22.5 Å². The fraction of sp³-hybridized carbons (Fsp3) is 0.0185. The summed E-state index contributed by atoms with van der Waals surface area (Å²) in [4.78, 5) is 5.22. The fourth-order valence-corrected chi connectivity index (χ4v) is 9.35. The van der Waals surface area contributed by atoms with Crippen molar-refractivity contribution in [3.63, 3.8) is 0 Å². The molecule has 0 aliphatic carbocycles. The van der Waals surface area contributed by atoms with Gasteiger partial charge in [0.15, 0.2) is 0 Å². The number of aliphatic imine (C=N–C) groups is 1. The van der Waals surface area contributed by atoms with Crippen LogP contribution in [-0.2, 0) is 0 Å². The van der Waals surface area contributed by atoms with Gasteiger partial charge in [0.05, 0.1) is 39.5 Å². The smallest absolute Gasteiger partial charge is 0.135 e. The van der Waals surface area contributed by atoms with E-state index in [9.17, 15) is 0 Å². The Morgan fingerprint density at radius 2 is 0.931 bits per heavy atom. The first-order valence-corrected chi connectivity index (χ1v) is 19.9. The van der Waals surface area contributed by atoms with E-state index in [-0.39, 0.29) is 6.04 Å². The van der Waals surface area contributed by atoms with Crippen molar-refractivity contribution in [1.82, 2.24) is 14.5 Å². The topological polar surface area (TPSA) is 34.2 Å². The van der Waals surface area contributed by atoms with E-state index in [2.05, 4.69) is 221 Å². The molecule has 1 atom stereocenters. The molecular weight excluding hydrogens is 705 g/mol. The van der Waals surface area contributed by atoms with Crippen LogP contribution in [0.15, 0.2) is 211 Å². The molecule has 9 aromatic carbocycles. The Balaban J connectivity index is 1.01. The monoisotopic (exact) mass is 740 g/mol. The molecule has 0 bridgehead atoms. The lowest BCUT2D eigenvalue weighted by atomic mass is 9.94. The van der Waals surface area contributed by atoms with E-state index in [0.29, 0.717) is 0 Å². The summed E-state index contributed by atoms with van der Waals surface area (Å²) in [6.45, 7) is 0. The molecule has 272 valence electrons. The standard InChI is InChI=1S/C54H36N4/c1-3-15-35(16-4-1)53-44-23-9-12-24-47(44)55-54(56-53)43-29-32-50(40-20-8-7-19-39(40)43)58-49-26-14-11-22-42(49)46-34-37(28-31-52(46)58)36-27-30-51-45(33-36)41-21-10-13-25-48(41)57(51)38-17-5-2-6-18-38/h1-34,53H,(H,55,56). The molecule has 1 N–H and O–H groups in total. The Morgan fingerprint density at radius 3 is 1.64 bits per heavy atom. The Bertz CT molecular complexity index is 3430. The average molecular weight is 741 g/mol. The summed E-state index contributed by atoms with van der Waals surface area (Å²) >= 11 is 0. The van der Waals surface area contributed by atoms with E-state index < -0.39 is 0 Å². The van der Waals surface area contributed by atoms with Gasteiger partial charge in [-0.15, -0.1) is 0 Å². The maximum atomic E-state index is 5.22. The van der Waals surface area contributed by atoms with Crippen LogP contribution in [0.2, 0.25) is 0 Å². The lowest BCUT2D eigenvalue weighted by Crippen LogP contribution is -2.33. The third-order valence-corrected chi connectivity index (χ3v) is 12.0. The van der Waals surface area contributed by atoms with Gasteiger partial charge in [0.1, 0.15) is 5.84 Å². The van der Waals surface area contributed by atoms with Crippen molar-refractivity contribution in [2.45, 2.75) is 6.04 Å². The van der Waals surface area contributed by atoms with E-state index in [1.54, 1.807) is 0 Å². The number of para-hydroxylation sites is 4. The molecule has 2 aromatic heterocycles. The molecule has 1 aliphatic heterocycles. The number of hydrogen-bond donors (Lipinski definition) is 1. The molecule has 1 unspecified atom stereocenters. The number of amidine groups is 1. The predicted molar refractivity (Wildman–Crippen MR) is 242 cm³/mol. The highest BCUT2D eigenvalue weighted by atomic mass is 15.1. The number of benzene rings is 9. The molecule has 0 saturated carbocycles. The van der Waals surface area contributed by atoms with Gasteiger partial charge in [0.2, 0.25) is 0 Å². The lowest BCUT2D eigenvalue weighted by Gasteiger charge is -2.28. The average Bonchev–Trinajstić information content (AvgIpc) is 3.81. The van der Waals surface area contributed by atoms with Crippen LogP contribution in [0.5, 0.6) is 0 Å². The van der Waals surface area contributed by atoms with Crippen molar-refractivity contribution in [1.29, 1.82) is 0 Å². The molecule has 12 rings (SSSR count). The predicted octanol–water partition coefficient (Wildman–Crippen LogP) is 13.5. The molecule has 3 heterocycles. The molecule has 4 heteroatoms. The quantitative estimate of drug-likeness (QED) is 0.187. The summed E-state index contributed by atoms with van der Waals surface area (Å²) in [6.07, 6.45) is 0. The fourth-order valence-electron chi connectivity index (χ4n) is 9.35. The minimum Gasteiger partial charge on any atom is -0.359 e. The molecule has 0 amide bonds. The second-order valence-electron chi connectivity index (χ2n) is 15.2. The van der Waals surface area contributed by atoms with E-state index in [1.807, 2.05) is 0 Å². The minimum absolute atomic E-state index is 0.00177. The van der Waals surface area contributed by atoms with E-state index in [4.69, 9.17) is 4.99 Å². The number of nitrogens with zero attached hydrogens (tertiary/aromatic N) is 3. The van der Waals surface area contributed by atoms with Gasteiger partial charge in [-0.1, -0.05) is 140 Å². The molecule has 1 aliphatic rings. The highest BCUT2D eigenvalue weighted by Crippen LogP contribution is 2.41. The van der Waals surface area contributed by atoms with Crippen LogP contribution < -0.4 is 5.32 Å². The number of fused-ring (bicyclic) bond motifs is 8. The van der Waals surface area contributed by atoms with Crippen LogP contribution >= 0.6 is 0 Å². The van der Waals surface area contributed by atoms with Crippen LogP contribution in [-0.4, -0.2) is 15.0 Å². The second kappa shape index (κ2) is 12.9. The highest BCUT2D eigenvalue weighted by molar-refractivity contribution is 6.16. The molecule has 0 radical (unpaired) electrons. The van der Waals surface area contributed by atoms with Crippen LogP contribution in [0.3, 0.4) is 0 Å². The van der Waals surface area contributed by atoms with Crippen LogP contribution in [0.25, 0.3) is 76.9 Å². The Labute approximate surface area is 335 Å². The zero-order valence-corrected chi connectivity index (χ0v) is 31.5. The van der Waals surface area contributed by atoms with Crippen molar-refractivity contribution < 1.29 is 0 Å². The second-order valence-corrected chi connectivity index (χ2v) is 15.2. The van der Waals surface area contributed by atoms with Gasteiger partial charge < -0.3 is 14.5 Å². The number of rotatable bonds is 5. The summed E-state index contributed by atoms with van der Waals surface area (Å²) in [7, 11) is 0. The molecule has 0 spiro atoms. The van der Waals surface area contributed by atoms with Crippen LogP contribution in [0.1, 0.15) is 22.7 Å². The summed E-state index contributed by atoms with van der Waals surface area (Å²) in [6, 6.07) is 74.5. The zero-order valence-electron chi connectivity index (χ0n) is 31.5. The largest absolute Gasteiger partial charge is 0.359 e. The Hall–Kier alpha value is -7.69. The third kappa shape index (κ3) is 4.98. The van der Waals surface area contributed by atoms with Gasteiger partial charge >= 0.3 is 0 Å². The molecular formula is C54H36N4. The number of aromatic nitrogens is 2. The number of nitrogens with one attached hydrogen (secondary N) is 1. The van der Waals surface area contributed by atoms with Gasteiger partial charge in [-0.3, -0.25) is 0 Å². The molecule has 4 nitrogen and oxygen atoms in total. The third-order valence-electron chi connectivity index (χ3n) is 12.0. The van der Waals surface area contributed by atoms with Gasteiger partial charge in [0, 0.05) is 43.7 Å². The van der Waals surface area contributed by atoms with E-state index >= 15 is 0 Å². The molecule has 11 aromatic rings. The van der Waals surface area contributed by atoms with Gasteiger partial charge in [-0.05, 0) is 88.8 Å². The maximum Gasteiger partial charge on any atom is 0.135 e. The van der Waals surface area contributed by atoms with Gasteiger partial charge in [0.25, 0.3) is 0 Å². The molecule has 0 saturated heterocycles. The van der Waals surface area contributed by atoms with Crippen molar-refractivity contribution in [2.24, 2.45) is 4.99 Å². The first kappa shape index (κ1) is 32.5. The normalized spacial score (nSPS) is 13.9. The Morgan fingerprint density at radius 1 is 0.397 bits per heavy atom. The zero-order chi connectivity index (χ0) is 38.2. The summed E-state index contributed by atoms with van der Waals surface area (Å²) in [5.41, 5.74) is 14.0. The minimum atomic E-state index is -0.00177. The Kier molecular flexibility index (Phi) is 7.26. The highest BCUT2D eigenvalue weighted by Gasteiger charge is 2.26. The SMILES string of the molecule is c1ccc(C2NC(c3ccc(-n4c5ccccc5c5cc(-c6ccc7c(c6)c6ccccc6n7-c6ccccc6)ccc54)c4ccccc34)=Nc3ccccc32)cc1. The van der Waals surface area contributed by atoms with Crippen molar-refractivity contribution in [3.05, 3.63) is 223 Å². The van der Waals surface area contributed by atoms with Gasteiger partial charge in [-0.2, -0.15) is 0 Å². The van der Waals surface area contributed by atoms with Crippen molar-refractivity contribution in [2.75, 3.05) is 0 Å². The molecule has 0 fully saturated rings. The van der Waals surface area contributed by atoms with E-state index in [0.717, 1.165) is 28.2 Å². The van der Waals surface area contributed by atoms with Gasteiger partial charge in [-0.25, -0.2) is 4.99 Å². The van der Waals surface area contributed by atoms with Crippen molar-refractivity contribution >= 4 is 65.9 Å². The van der Waals surface area contributed by atoms with Crippen LogP contribution in [0, 0.1) is 0 Å².